The van der Waals surface area contributed by atoms with Crippen LogP contribution in [0.15, 0.2) is 47.3 Å². The summed E-state index contributed by atoms with van der Waals surface area (Å²) in [6, 6.07) is 8.55. The Labute approximate surface area is 180 Å². The van der Waals surface area contributed by atoms with Crippen molar-refractivity contribution in [2.75, 3.05) is 5.32 Å². The SMILES string of the molecule is CC[C@@H]1C[C@](O)(C(F)(F)F)[C@@H](Nc2cccc3[nH]c(=O)ccc23)c2cc(Cl)cc(O)c21. The first-order valence-corrected chi connectivity index (χ1v) is 10.1. The van der Waals surface area contributed by atoms with E-state index in [1.165, 1.54) is 24.3 Å². The van der Waals surface area contributed by atoms with Crippen LogP contribution in [0.5, 0.6) is 5.75 Å². The van der Waals surface area contributed by atoms with Gasteiger partial charge in [-0.05, 0) is 54.7 Å². The fourth-order valence-electron chi connectivity index (χ4n) is 4.45. The highest BCUT2D eigenvalue weighted by Gasteiger charge is 2.62. The molecule has 4 N–H and O–H groups in total. The van der Waals surface area contributed by atoms with E-state index in [4.69, 9.17) is 11.6 Å². The van der Waals surface area contributed by atoms with Crippen LogP contribution in [0.2, 0.25) is 5.02 Å². The molecule has 1 heterocycles. The molecule has 1 aliphatic carbocycles. The second-order valence-electron chi connectivity index (χ2n) is 7.83. The van der Waals surface area contributed by atoms with Crippen molar-refractivity contribution >= 4 is 28.2 Å². The van der Waals surface area contributed by atoms with Gasteiger partial charge in [-0.25, -0.2) is 0 Å². The van der Waals surface area contributed by atoms with E-state index in [1.807, 2.05) is 0 Å². The number of H-pyrrole nitrogens is 1. The van der Waals surface area contributed by atoms with Crippen LogP contribution >= 0.6 is 11.6 Å². The Bertz CT molecular complexity index is 1210. The molecule has 0 bridgehead atoms. The number of aromatic hydroxyl groups is 1. The number of hydrogen-bond acceptors (Lipinski definition) is 4. The third-order valence-corrected chi connectivity index (χ3v) is 6.18. The van der Waals surface area contributed by atoms with Gasteiger partial charge >= 0.3 is 6.18 Å². The minimum atomic E-state index is -4.95. The Morgan fingerprint density at radius 1 is 1.26 bits per heavy atom. The van der Waals surface area contributed by atoms with E-state index in [-0.39, 0.29) is 21.9 Å². The molecule has 1 aliphatic rings. The molecule has 5 nitrogen and oxygen atoms in total. The molecule has 0 fully saturated rings. The van der Waals surface area contributed by atoms with E-state index in [2.05, 4.69) is 10.3 Å². The first kappa shape index (κ1) is 21.5. The van der Waals surface area contributed by atoms with E-state index in [9.17, 15) is 28.2 Å². The third-order valence-electron chi connectivity index (χ3n) is 5.96. The van der Waals surface area contributed by atoms with Gasteiger partial charge in [-0.3, -0.25) is 4.79 Å². The number of anilines is 1. The molecule has 2 aromatic carbocycles. The number of fused-ring (bicyclic) bond motifs is 2. The van der Waals surface area contributed by atoms with Gasteiger partial charge in [-0.15, -0.1) is 0 Å². The Morgan fingerprint density at radius 2 is 2.00 bits per heavy atom. The molecule has 9 heteroatoms. The Balaban J connectivity index is 1.95. The van der Waals surface area contributed by atoms with Gasteiger partial charge in [0.15, 0.2) is 5.60 Å². The molecule has 31 heavy (non-hydrogen) atoms. The van der Waals surface area contributed by atoms with Crippen molar-refractivity contribution in [2.24, 2.45) is 0 Å². The van der Waals surface area contributed by atoms with Gasteiger partial charge in [0.25, 0.3) is 0 Å². The standard InChI is InChI=1S/C22H20ClF3N2O3/c1-2-11-10-21(31,22(24,25)26)20(14-8-12(23)9-17(29)19(11)14)28-16-5-3-4-15-13(16)6-7-18(30)27-15/h3-9,11,20,28-29,31H,2,10H2,1H3,(H,27,30)/t11-,20+,21-/m1/s1. The molecule has 0 radical (unpaired) electrons. The second kappa shape index (κ2) is 7.46. The molecule has 0 spiro atoms. The molecular weight excluding hydrogens is 433 g/mol. The van der Waals surface area contributed by atoms with Crippen LogP contribution in [0.3, 0.4) is 0 Å². The number of pyridine rings is 1. The number of nitrogens with one attached hydrogen (secondary N) is 2. The van der Waals surface area contributed by atoms with Crippen LogP contribution in [0.25, 0.3) is 10.9 Å². The van der Waals surface area contributed by atoms with Crippen molar-refractivity contribution in [3.8, 4) is 5.75 Å². The number of benzene rings is 2. The van der Waals surface area contributed by atoms with Crippen LogP contribution in [0, 0.1) is 0 Å². The molecule has 164 valence electrons. The average Bonchev–Trinajstić information content (AvgIpc) is 2.68. The van der Waals surface area contributed by atoms with Crippen LogP contribution in [-0.2, 0) is 0 Å². The maximum Gasteiger partial charge on any atom is 0.419 e. The molecule has 3 atom stereocenters. The zero-order valence-electron chi connectivity index (χ0n) is 16.4. The predicted molar refractivity (Wildman–Crippen MR) is 113 cm³/mol. The number of aromatic amines is 1. The van der Waals surface area contributed by atoms with Crippen LogP contribution in [-0.4, -0.2) is 27.0 Å². The van der Waals surface area contributed by atoms with Crippen molar-refractivity contribution < 1.29 is 23.4 Å². The van der Waals surface area contributed by atoms with Crippen molar-refractivity contribution in [1.82, 2.24) is 4.98 Å². The monoisotopic (exact) mass is 452 g/mol. The summed E-state index contributed by atoms with van der Waals surface area (Å²) in [5.41, 5.74) is -2.30. The largest absolute Gasteiger partial charge is 0.508 e. The molecular formula is C22H20ClF3N2O3. The number of phenols is 1. The molecule has 0 unspecified atom stereocenters. The van der Waals surface area contributed by atoms with E-state index in [1.54, 1.807) is 25.1 Å². The highest BCUT2D eigenvalue weighted by Crippen LogP contribution is 2.55. The first-order chi connectivity index (χ1) is 14.5. The van der Waals surface area contributed by atoms with Crippen molar-refractivity contribution in [2.45, 2.75) is 43.5 Å². The van der Waals surface area contributed by atoms with Gasteiger partial charge in [-0.1, -0.05) is 24.6 Å². The zero-order chi connectivity index (χ0) is 22.6. The highest BCUT2D eigenvalue weighted by molar-refractivity contribution is 6.30. The molecule has 4 rings (SSSR count). The Hall–Kier alpha value is -2.71. The summed E-state index contributed by atoms with van der Waals surface area (Å²) in [5.74, 6) is -0.909. The maximum absolute atomic E-state index is 14.2. The van der Waals surface area contributed by atoms with Crippen molar-refractivity contribution in [3.63, 3.8) is 0 Å². The average molecular weight is 453 g/mol. The fraction of sp³-hybridized carbons (Fsp3) is 0.318. The molecule has 1 aromatic heterocycles. The lowest BCUT2D eigenvalue weighted by Crippen LogP contribution is -2.55. The van der Waals surface area contributed by atoms with E-state index in [0.717, 1.165) is 0 Å². The predicted octanol–water partition coefficient (Wildman–Crippen LogP) is 5.23. The summed E-state index contributed by atoms with van der Waals surface area (Å²) in [6.07, 6.45) is -5.27. The van der Waals surface area contributed by atoms with Crippen LogP contribution in [0.1, 0.15) is 42.9 Å². The van der Waals surface area contributed by atoms with Crippen LogP contribution < -0.4 is 10.9 Å². The van der Waals surface area contributed by atoms with Gasteiger partial charge in [-0.2, -0.15) is 13.2 Å². The summed E-state index contributed by atoms with van der Waals surface area (Å²) >= 11 is 6.07. The summed E-state index contributed by atoms with van der Waals surface area (Å²) in [4.78, 5) is 14.3. The van der Waals surface area contributed by atoms with E-state index >= 15 is 0 Å². The van der Waals surface area contributed by atoms with Gasteiger partial charge in [0.05, 0.1) is 11.6 Å². The Morgan fingerprint density at radius 3 is 2.68 bits per heavy atom. The summed E-state index contributed by atoms with van der Waals surface area (Å²) < 4.78 is 42.7. The van der Waals surface area contributed by atoms with E-state index in [0.29, 0.717) is 28.6 Å². The fourth-order valence-corrected chi connectivity index (χ4v) is 4.68. The molecule has 0 amide bonds. The number of halogens is 4. The lowest BCUT2D eigenvalue weighted by Gasteiger charge is -2.46. The lowest BCUT2D eigenvalue weighted by molar-refractivity contribution is -0.272. The first-order valence-electron chi connectivity index (χ1n) is 9.75. The number of rotatable bonds is 3. The number of alkyl halides is 3. The zero-order valence-corrected chi connectivity index (χ0v) is 17.2. The lowest BCUT2D eigenvalue weighted by atomic mass is 9.69. The van der Waals surface area contributed by atoms with Crippen molar-refractivity contribution in [3.05, 3.63) is 69.0 Å². The number of aliphatic hydroxyl groups is 1. The van der Waals surface area contributed by atoms with Crippen LogP contribution in [0.4, 0.5) is 18.9 Å². The number of hydrogen-bond donors (Lipinski definition) is 4. The quantitative estimate of drug-likeness (QED) is 0.438. The van der Waals surface area contributed by atoms with E-state index < -0.39 is 30.2 Å². The van der Waals surface area contributed by atoms with Gasteiger partial charge in [0.1, 0.15) is 5.75 Å². The minimum absolute atomic E-state index is 0.0616. The minimum Gasteiger partial charge on any atom is -0.508 e. The summed E-state index contributed by atoms with van der Waals surface area (Å²) in [6.45, 7) is 1.70. The molecule has 0 saturated heterocycles. The second-order valence-corrected chi connectivity index (χ2v) is 8.26. The normalized spacial score (nSPS) is 23.5. The smallest absolute Gasteiger partial charge is 0.419 e. The molecule has 0 saturated carbocycles. The summed E-state index contributed by atoms with van der Waals surface area (Å²) in [5, 5.41) is 24.9. The Kier molecular flexibility index (Phi) is 5.18. The summed E-state index contributed by atoms with van der Waals surface area (Å²) in [7, 11) is 0. The maximum atomic E-state index is 14.2. The topological polar surface area (TPSA) is 85.4 Å². The van der Waals surface area contributed by atoms with Crippen molar-refractivity contribution in [1.29, 1.82) is 0 Å². The number of phenolic OH excluding ortho intramolecular Hbond substituents is 1. The van der Waals surface area contributed by atoms with Gasteiger partial charge < -0.3 is 20.5 Å². The highest BCUT2D eigenvalue weighted by atomic mass is 35.5. The van der Waals surface area contributed by atoms with Gasteiger partial charge in [0.2, 0.25) is 5.56 Å². The molecule has 0 aliphatic heterocycles. The molecule has 3 aromatic rings. The number of aromatic nitrogens is 1. The third kappa shape index (κ3) is 3.53. The van der Waals surface area contributed by atoms with Gasteiger partial charge in [0, 0.05) is 27.7 Å².